The van der Waals surface area contributed by atoms with Crippen molar-refractivity contribution in [3.63, 3.8) is 0 Å². The van der Waals surface area contributed by atoms with Crippen LogP contribution in [-0.4, -0.2) is 16.7 Å². The third kappa shape index (κ3) is 5.13. The lowest BCUT2D eigenvalue weighted by molar-refractivity contribution is 0.240. The molecule has 0 radical (unpaired) electrons. The predicted octanol–water partition coefficient (Wildman–Crippen LogP) is 3.47. The van der Waals surface area contributed by atoms with Crippen LogP contribution in [0, 0.1) is 12.8 Å². The van der Waals surface area contributed by atoms with Gasteiger partial charge < -0.3 is 14.6 Å². The zero-order valence-electron chi connectivity index (χ0n) is 12.5. The van der Waals surface area contributed by atoms with Gasteiger partial charge in [-0.2, -0.15) is 4.98 Å². The minimum absolute atomic E-state index is 0.277. The van der Waals surface area contributed by atoms with Crippen LogP contribution in [0.4, 0.5) is 0 Å². The maximum Gasteiger partial charge on any atom is 0.264 e. The van der Waals surface area contributed by atoms with Gasteiger partial charge in [-0.1, -0.05) is 34.9 Å². The maximum atomic E-state index is 5.79. The van der Waals surface area contributed by atoms with E-state index in [2.05, 4.69) is 51.3 Å². The van der Waals surface area contributed by atoms with Gasteiger partial charge in [-0.15, -0.1) is 0 Å². The summed E-state index contributed by atoms with van der Waals surface area (Å²) in [5, 5.41) is 7.17. The summed E-state index contributed by atoms with van der Waals surface area (Å²) in [6.07, 6.45) is 0. The Morgan fingerprint density at radius 1 is 1.38 bits per heavy atom. The molecule has 6 heteroatoms. The lowest BCUT2D eigenvalue weighted by atomic mass is 10.2. The molecule has 0 aliphatic carbocycles. The van der Waals surface area contributed by atoms with Crippen molar-refractivity contribution in [2.45, 2.75) is 33.9 Å². The highest BCUT2D eigenvalue weighted by Crippen LogP contribution is 2.24. The fourth-order valence-corrected chi connectivity index (χ4v) is 2.27. The number of halogens is 1. The normalized spacial score (nSPS) is 11.1. The van der Waals surface area contributed by atoms with Gasteiger partial charge in [0.2, 0.25) is 0 Å². The highest BCUT2D eigenvalue weighted by atomic mass is 79.9. The summed E-state index contributed by atoms with van der Waals surface area (Å²) < 4.78 is 11.9. The van der Waals surface area contributed by atoms with Crippen molar-refractivity contribution in [3.05, 3.63) is 40.0 Å². The molecular weight excluding hydrogens is 334 g/mol. The third-order valence-corrected chi connectivity index (χ3v) is 3.30. The minimum atomic E-state index is 0.277. The Morgan fingerprint density at radius 3 is 2.86 bits per heavy atom. The zero-order valence-corrected chi connectivity index (χ0v) is 14.1. The minimum Gasteiger partial charge on any atom is -0.483 e. The number of hydrogen-bond donors (Lipinski definition) is 1. The van der Waals surface area contributed by atoms with Crippen LogP contribution >= 0.6 is 15.9 Å². The zero-order chi connectivity index (χ0) is 15.2. The van der Waals surface area contributed by atoms with E-state index in [0.29, 0.717) is 17.6 Å². The van der Waals surface area contributed by atoms with Gasteiger partial charge in [0.05, 0.1) is 0 Å². The van der Waals surface area contributed by atoms with Gasteiger partial charge in [-0.3, -0.25) is 0 Å². The van der Waals surface area contributed by atoms with E-state index in [-0.39, 0.29) is 6.61 Å². The van der Waals surface area contributed by atoms with Crippen LogP contribution in [0.1, 0.15) is 31.1 Å². The molecule has 0 unspecified atom stereocenters. The van der Waals surface area contributed by atoms with E-state index >= 15 is 0 Å². The van der Waals surface area contributed by atoms with Crippen LogP contribution in [0.15, 0.2) is 27.2 Å². The fourth-order valence-electron chi connectivity index (χ4n) is 1.86. The molecule has 5 nitrogen and oxygen atoms in total. The molecule has 0 bridgehead atoms. The van der Waals surface area contributed by atoms with Crippen molar-refractivity contribution < 1.29 is 9.26 Å². The van der Waals surface area contributed by atoms with Crippen molar-refractivity contribution in [3.8, 4) is 5.75 Å². The second-order valence-electron chi connectivity index (χ2n) is 5.30. The van der Waals surface area contributed by atoms with Gasteiger partial charge in [-0.25, -0.2) is 0 Å². The van der Waals surface area contributed by atoms with E-state index in [4.69, 9.17) is 9.26 Å². The predicted molar refractivity (Wildman–Crippen MR) is 84.1 cm³/mol. The summed E-state index contributed by atoms with van der Waals surface area (Å²) in [5.74, 6) is 2.54. The Bertz CT molecular complexity index is 584. The second-order valence-corrected chi connectivity index (χ2v) is 6.22. The first-order chi connectivity index (χ1) is 10.0. The highest BCUT2D eigenvalue weighted by Gasteiger charge is 2.08. The molecule has 0 atom stereocenters. The topological polar surface area (TPSA) is 60.2 Å². The summed E-state index contributed by atoms with van der Waals surface area (Å²) in [7, 11) is 0. The third-order valence-electron chi connectivity index (χ3n) is 2.81. The number of nitrogens with zero attached hydrogens (tertiary/aromatic N) is 2. The van der Waals surface area contributed by atoms with Crippen LogP contribution < -0.4 is 10.1 Å². The Labute approximate surface area is 133 Å². The second kappa shape index (κ2) is 7.56. The van der Waals surface area contributed by atoms with Crippen LogP contribution in [0.25, 0.3) is 0 Å². The molecule has 0 fully saturated rings. The molecule has 0 spiro atoms. The average molecular weight is 354 g/mol. The quantitative estimate of drug-likeness (QED) is 0.825. The lowest BCUT2D eigenvalue weighted by Gasteiger charge is -2.12. The van der Waals surface area contributed by atoms with Crippen LogP contribution in [0.5, 0.6) is 5.75 Å². The summed E-state index contributed by atoms with van der Waals surface area (Å²) in [5.41, 5.74) is 1.10. The summed E-state index contributed by atoms with van der Waals surface area (Å²) in [6, 6.07) is 5.96. The van der Waals surface area contributed by atoms with E-state index in [0.717, 1.165) is 28.9 Å². The van der Waals surface area contributed by atoms with E-state index in [1.807, 2.05) is 12.1 Å². The van der Waals surface area contributed by atoms with Crippen LogP contribution in [-0.2, 0) is 13.2 Å². The monoisotopic (exact) mass is 353 g/mol. The summed E-state index contributed by atoms with van der Waals surface area (Å²) in [6.45, 7) is 8.16. The van der Waals surface area contributed by atoms with Crippen molar-refractivity contribution in [2.75, 3.05) is 6.54 Å². The van der Waals surface area contributed by atoms with Gasteiger partial charge in [0.1, 0.15) is 5.75 Å². The van der Waals surface area contributed by atoms with Gasteiger partial charge in [0.25, 0.3) is 5.89 Å². The smallest absolute Gasteiger partial charge is 0.264 e. The molecule has 0 amide bonds. The molecule has 114 valence electrons. The van der Waals surface area contributed by atoms with Gasteiger partial charge in [0.15, 0.2) is 12.4 Å². The van der Waals surface area contributed by atoms with Crippen molar-refractivity contribution in [2.24, 2.45) is 5.92 Å². The molecule has 1 aromatic carbocycles. The fraction of sp³-hybridized carbons (Fsp3) is 0.467. The van der Waals surface area contributed by atoms with Crippen LogP contribution in [0.2, 0.25) is 0 Å². The van der Waals surface area contributed by atoms with E-state index in [9.17, 15) is 0 Å². The first-order valence-electron chi connectivity index (χ1n) is 6.95. The van der Waals surface area contributed by atoms with E-state index in [1.165, 1.54) is 0 Å². The molecule has 0 aliphatic rings. The molecule has 1 aromatic heterocycles. The molecule has 1 N–H and O–H groups in total. The summed E-state index contributed by atoms with van der Waals surface area (Å²) >= 11 is 3.49. The van der Waals surface area contributed by atoms with Crippen molar-refractivity contribution in [1.29, 1.82) is 0 Å². The number of rotatable bonds is 7. The van der Waals surface area contributed by atoms with Gasteiger partial charge in [-0.05, 0) is 37.6 Å². The number of hydrogen-bond acceptors (Lipinski definition) is 5. The van der Waals surface area contributed by atoms with Crippen LogP contribution in [0.3, 0.4) is 0 Å². The Kier molecular flexibility index (Phi) is 5.76. The number of benzene rings is 1. The molecule has 0 saturated carbocycles. The summed E-state index contributed by atoms with van der Waals surface area (Å²) in [4.78, 5) is 4.13. The Balaban J connectivity index is 2.00. The molecule has 0 saturated heterocycles. The first-order valence-corrected chi connectivity index (χ1v) is 7.75. The first kappa shape index (κ1) is 16.0. The molecular formula is C15H20BrN3O2. The van der Waals surface area contributed by atoms with Gasteiger partial charge >= 0.3 is 0 Å². The van der Waals surface area contributed by atoms with E-state index < -0.39 is 0 Å². The number of aromatic nitrogens is 2. The Morgan fingerprint density at radius 2 is 2.19 bits per heavy atom. The number of ether oxygens (including phenoxy) is 1. The highest BCUT2D eigenvalue weighted by molar-refractivity contribution is 9.10. The largest absolute Gasteiger partial charge is 0.483 e. The van der Waals surface area contributed by atoms with E-state index in [1.54, 1.807) is 6.92 Å². The number of nitrogens with one attached hydrogen (secondary N) is 1. The molecule has 0 aliphatic heterocycles. The standard InChI is InChI=1S/C15H20BrN3O2/c1-10(2)7-17-8-12-6-13(16)4-5-14(12)20-9-15-18-11(3)19-21-15/h4-6,10,17H,7-9H2,1-3H3. The van der Waals surface area contributed by atoms with Crippen molar-refractivity contribution >= 4 is 15.9 Å². The Hall–Kier alpha value is -1.40. The maximum absolute atomic E-state index is 5.79. The SMILES string of the molecule is Cc1noc(COc2ccc(Br)cc2CNCC(C)C)n1. The average Bonchev–Trinajstić information content (AvgIpc) is 2.83. The van der Waals surface area contributed by atoms with Gasteiger partial charge in [0, 0.05) is 16.6 Å². The molecule has 2 rings (SSSR count). The number of aryl methyl sites for hydroxylation is 1. The lowest BCUT2D eigenvalue weighted by Crippen LogP contribution is -2.19. The molecule has 2 aromatic rings. The van der Waals surface area contributed by atoms with Crippen molar-refractivity contribution in [1.82, 2.24) is 15.5 Å². The molecule has 1 heterocycles. The molecule has 21 heavy (non-hydrogen) atoms.